The Morgan fingerprint density at radius 2 is 2.25 bits per heavy atom. The first kappa shape index (κ1) is 13.8. The molecule has 0 amide bonds. The van der Waals surface area contributed by atoms with E-state index in [4.69, 9.17) is 4.74 Å². The third kappa shape index (κ3) is 1.86. The van der Waals surface area contributed by atoms with Gasteiger partial charge in [0.2, 0.25) is 0 Å². The van der Waals surface area contributed by atoms with Gasteiger partial charge in [0.15, 0.2) is 4.21 Å². The van der Waals surface area contributed by atoms with Crippen LogP contribution in [-0.4, -0.2) is 43.0 Å². The number of carboxylic acids is 1. The number of methoxy groups -OCH3 is 1. The molecule has 2 aliphatic heterocycles. The second kappa shape index (κ2) is 4.71. The maximum absolute atomic E-state index is 12.8. The summed E-state index contributed by atoms with van der Waals surface area (Å²) in [4.78, 5) is 11.2. The van der Waals surface area contributed by atoms with Crippen LogP contribution in [0, 0.1) is 5.92 Å². The van der Waals surface area contributed by atoms with Crippen LogP contribution in [0.2, 0.25) is 0 Å². The Labute approximate surface area is 121 Å². The molecular formula is C12H15NO5S2. The Bertz CT molecular complexity index is 638. The van der Waals surface area contributed by atoms with E-state index in [-0.39, 0.29) is 10.3 Å². The van der Waals surface area contributed by atoms with Crippen molar-refractivity contribution in [1.29, 1.82) is 0 Å². The van der Waals surface area contributed by atoms with Crippen molar-refractivity contribution in [1.82, 2.24) is 4.31 Å². The molecule has 0 spiro atoms. The Balaban J connectivity index is 1.99. The number of hydrogen-bond donors (Lipinski definition) is 1. The molecule has 0 saturated carbocycles. The van der Waals surface area contributed by atoms with Crippen LogP contribution in [0.1, 0.15) is 19.3 Å². The van der Waals surface area contributed by atoms with Crippen molar-refractivity contribution in [3.63, 3.8) is 0 Å². The molecule has 2 fully saturated rings. The highest BCUT2D eigenvalue weighted by atomic mass is 32.2. The van der Waals surface area contributed by atoms with E-state index in [2.05, 4.69) is 0 Å². The van der Waals surface area contributed by atoms with Crippen LogP contribution >= 0.6 is 11.3 Å². The van der Waals surface area contributed by atoms with E-state index in [1.807, 2.05) is 0 Å². The number of hydrogen-bond acceptors (Lipinski definition) is 5. The van der Waals surface area contributed by atoms with Gasteiger partial charge in [-0.15, -0.1) is 11.3 Å². The summed E-state index contributed by atoms with van der Waals surface area (Å²) in [5.41, 5.74) is 0. The van der Waals surface area contributed by atoms with Crippen LogP contribution in [0.3, 0.4) is 0 Å². The molecular weight excluding hydrogens is 302 g/mol. The number of nitrogens with zero attached hydrogens (tertiary/aromatic N) is 1. The van der Waals surface area contributed by atoms with Crippen molar-refractivity contribution < 1.29 is 23.1 Å². The summed E-state index contributed by atoms with van der Waals surface area (Å²) >= 11 is 1.11. The highest BCUT2D eigenvalue weighted by Crippen LogP contribution is 2.46. The molecule has 3 rings (SSSR count). The zero-order valence-electron chi connectivity index (χ0n) is 10.9. The van der Waals surface area contributed by atoms with Crippen molar-refractivity contribution in [3.8, 4) is 5.75 Å². The number of ether oxygens (including phenoxy) is 1. The van der Waals surface area contributed by atoms with Crippen LogP contribution in [0.4, 0.5) is 0 Å². The maximum Gasteiger partial charge on any atom is 0.308 e. The van der Waals surface area contributed by atoms with Gasteiger partial charge < -0.3 is 9.84 Å². The normalized spacial score (nSPS) is 29.8. The quantitative estimate of drug-likeness (QED) is 0.907. The van der Waals surface area contributed by atoms with Crippen molar-refractivity contribution in [2.24, 2.45) is 5.92 Å². The fourth-order valence-electron chi connectivity index (χ4n) is 3.30. The number of carboxylic acid groups (broad SMARTS) is 1. The number of fused-ring (bicyclic) bond motifs is 2. The average molecular weight is 317 g/mol. The van der Waals surface area contributed by atoms with Gasteiger partial charge in [-0.1, -0.05) is 0 Å². The standard InChI is InChI=1S/C12H15NO5S2/c1-18-10-4-5-19-12(10)20(16,17)13-7-2-3-9(13)8(6-7)11(14)15/h4-5,7-9H,2-3,6H2,1H3,(H,14,15). The predicted octanol–water partition coefficient (Wildman–Crippen LogP) is 1.38. The van der Waals surface area contributed by atoms with Gasteiger partial charge in [-0.3, -0.25) is 4.79 Å². The van der Waals surface area contributed by atoms with Gasteiger partial charge in [-0.2, -0.15) is 4.31 Å². The van der Waals surface area contributed by atoms with E-state index in [1.54, 1.807) is 11.4 Å². The minimum Gasteiger partial charge on any atom is -0.494 e. The zero-order valence-corrected chi connectivity index (χ0v) is 12.5. The second-order valence-electron chi connectivity index (χ2n) is 5.09. The minimum absolute atomic E-state index is 0.169. The first-order valence-corrected chi connectivity index (χ1v) is 8.66. The third-order valence-electron chi connectivity index (χ3n) is 4.12. The maximum atomic E-state index is 12.8. The van der Waals surface area contributed by atoms with Crippen LogP contribution < -0.4 is 4.74 Å². The van der Waals surface area contributed by atoms with Gasteiger partial charge in [0, 0.05) is 12.1 Å². The molecule has 8 heteroatoms. The van der Waals surface area contributed by atoms with Crippen molar-refractivity contribution in [2.75, 3.05) is 7.11 Å². The van der Waals surface area contributed by atoms with Gasteiger partial charge in [0.1, 0.15) is 5.75 Å². The number of sulfonamides is 1. The molecule has 2 bridgehead atoms. The minimum atomic E-state index is -3.68. The lowest BCUT2D eigenvalue weighted by Crippen LogP contribution is -2.37. The van der Waals surface area contributed by atoms with Crippen molar-refractivity contribution in [2.45, 2.75) is 35.6 Å². The second-order valence-corrected chi connectivity index (χ2v) is 8.04. The molecule has 20 heavy (non-hydrogen) atoms. The van der Waals surface area contributed by atoms with Gasteiger partial charge in [0.25, 0.3) is 10.0 Å². The average Bonchev–Trinajstić information content (AvgIpc) is 3.11. The largest absolute Gasteiger partial charge is 0.494 e. The van der Waals surface area contributed by atoms with E-state index in [1.165, 1.54) is 11.4 Å². The van der Waals surface area contributed by atoms with Crippen molar-refractivity contribution >= 4 is 27.3 Å². The first-order chi connectivity index (χ1) is 9.46. The van der Waals surface area contributed by atoms with Crippen molar-refractivity contribution in [3.05, 3.63) is 11.4 Å². The predicted molar refractivity (Wildman–Crippen MR) is 72.4 cm³/mol. The van der Waals surface area contributed by atoms with E-state index in [0.717, 1.165) is 17.8 Å². The van der Waals surface area contributed by atoms with E-state index in [9.17, 15) is 18.3 Å². The lowest BCUT2D eigenvalue weighted by molar-refractivity contribution is -0.142. The molecule has 3 heterocycles. The molecule has 0 aromatic carbocycles. The molecule has 6 nitrogen and oxygen atoms in total. The van der Waals surface area contributed by atoms with Gasteiger partial charge >= 0.3 is 5.97 Å². The van der Waals surface area contributed by atoms with E-state index in [0.29, 0.717) is 18.6 Å². The molecule has 0 aliphatic carbocycles. The van der Waals surface area contributed by atoms with Gasteiger partial charge in [0.05, 0.1) is 13.0 Å². The monoisotopic (exact) mass is 317 g/mol. The summed E-state index contributed by atoms with van der Waals surface area (Å²) in [6, 6.07) is 0.997. The Morgan fingerprint density at radius 1 is 1.50 bits per heavy atom. The summed E-state index contributed by atoms with van der Waals surface area (Å²) in [5, 5.41) is 10.9. The van der Waals surface area contributed by atoms with Crippen LogP contribution in [-0.2, 0) is 14.8 Å². The Hall–Kier alpha value is -1.12. The van der Waals surface area contributed by atoms with Crippen LogP contribution in [0.15, 0.2) is 15.7 Å². The van der Waals surface area contributed by atoms with Crippen LogP contribution in [0.25, 0.3) is 0 Å². The summed E-state index contributed by atoms with van der Waals surface area (Å²) in [6.45, 7) is 0. The fraction of sp³-hybridized carbons (Fsp3) is 0.583. The highest BCUT2D eigenvalue weighted by molar-refractivity contribution is 7.91. The lowest BCUT2D eigenvalue weighted by Gasteiger charge is -2.22. The SMILES string of the molecule is COc1ccsc1S(=O)(=O)N1C2CCC1C(C(=O)O)C2. The Morgan fingerprint density at radius 3 is 2.85 bits per heavy atom. The van der Waals surface area contributed by atoms with E-state index < -0.39 is 28.0 Å². The number of thiophene rings is 1. The van der Waals surface area contributed by atoms with Gasteiger partial charge in [-0.05, 0) is 30.7 Å². The van der Waals surface area contributed by atoms with Crippen LogP contribution in [0.5, 0.6) is 5.75 Å². The van der Waals surface area contributed by atoms with Gasteiger partial charge in [-0.25, -0.2) is 8.42 Å². The van der Waals surface area contributed by atoms with E-state index >= 15 is 0 Å². The molecule has 110 valence electrons. The third-order valence-corrected chi connectivity index (χ3v) is 7.52. The summed E-state index contributed by atoms with van der Waals surface area (Å²) < 4.78 is 32.2. The summed E-state index contributed by atoms with van der Waals surface area (Å²) in [5.74, 6) is -1.17. The zero-order chi connectivity index (χ0) is 14.5. The smallest absolute Gasteiger partial charge is 0.308 e. The molecule has 3 atom stereocenters. The topological polar surface area (TPSA) is 83.9 Å². The molecule has 1 aromatic rings. The lowest BCUT2D eigenvalue weighted by atomic mass is 9.89. The Kier molecular flexibility index (Phi) is 3.26. The molecule has 2 saturated heterocycles. The molecule has 1 N–H and O–H groups in total. The molecule has 2 aliphatic rings. The molecule has 1 aromatic heterocycles. The molecule has 3 unspecified atom stereocenters. The fourth-order valence-corrected chi connectivity index (χ4v) is 6.58. The number of carbonyl (C=O) groups is 1. The molecule has 0 radical (unpaired) electrons. The number of rotatable bonds is 4. The highest BCUT2D eigenvalue weighted by Gasteiger charge is 2.55. The first-order valence-electron chi connectivity index (χ1n) is 6.34. The summed E-state index contributed by atoms with van der Waals surface area (Å²) in [6.07, 6.45) is 1.77. The number of aliphatic carboxylic acids is 1. The summed E-state index contributed by atoms with van der Waals surface area (Å²) in [7, 11) is -2.25.